The smallest absolute Gasteiger partial charge is 0.158 e. The first-order valence-electron chi connectivity index (χ1n) is 5.59. The van der Waals surface area contributed by atoms with Gasteiger partial charge in [-0.3, -0.25) is 0 Å². The second kappa shape index (κ2) is 5.15. The maximum Gasteiger partial charge on any atom is 0.158 e. The molecule has 0 atom stereocenters. The van der Waals surface area contributed by atoms with Crippen LogP contribution in [-0.2, 0) is 0 Å². The second-order valence-corrected chi connectivity index (χ2v) is 4.35. The number of hydrogen-bond donors (Lipinski definition) is 1. The summed E-state index contributed by atoms with van der Waals surface area (Å²) >= 11 is 5.97. The minimum Gasteiger partial charge on any atom is -0.455 e. The number of fused-ring (bicyclic) bond motifs is 1. The number of rotatable bonds is 3. The van der Waals surface area contributed by atoms with Crippen LogP contribution in [0.1, 0.15) is 6.92 Å². The molecule has 0 amide bonds. The first-order chi connectivity index (χ1) is 8.61. The quantitative estimate of drug-likeness (QED) is 0.499. The molecule has 0 radical (unpaired) electrons. The van der Waals surface area contributed by atoms with Crippen LogP contribution in [0.4, 0.5) is 5.69 Å². The van der Waals surface area contributed by atoms with Gasteiger partial charge < -0.3 is 10.5 Å². The van der Waals surface area contributed by atoms with Gasteiger partial charge in [-0.2, -0.15) is 0 Å². The van der Waals surface area contributed by atoms with Crippen molar-refractivity contribution in [3.8, 4) is 5.75 Å². The molecule has 2 rings (SSSR count). The number of halogens is 1. The van der Waals surface area contributed by atoms with E-state index in [2.05, 4.69) is 6.58 Å². The summed E-state index contributed by atoms with van der Waals surface area (Å²) in [6.07, 6.45) is 3.65. The van der Waals surface area contributed by atoms with E-state index in [1.165, 1.54) is 0 Å². The van der Waals surface area contributed by atoms with Crippen molar-refractivity contribution in [3.63, 3.8) is 0 Å². The van der Waals surface area contributed by atoms with Gasteiger partial charge in [0.15, 0.2) is 5.75 Å². The van der Waals surface area contributed by atoms with Gasteiger partial charge in [0.2, 0.25) is 0 Å². The molecule has 2 aromatic rings. The molecule has 18 heavy (non-hydrogen) atoms. The summed E-state index contributed by atoms with van der Waals surface area (Å²) < 4.78 is 5.69. The molecule has 2 N–H and O–H groups in total. The highest BCUT2D eigenvalue weighted by atomic mass is 35.5. The van der Waals surface area contributed by atoms with Crippen LogP contribution in [0.3, 0.4) is 0 Å². The van der Waals surface area contributed by atoms with Gasteiger partial charge in [-0.1, -0.05) is 30.3 Å². The maximum atomic E-state index is 5.97. The van der Waals surface area contributed by atoms with Crippen molar-refractivity contribution in [2.75, 3.05) is 5.73 Å². The molecule has 0 aromatic heterocycles. The van der Waals surface area contributed by atoms with E-state index >= 15 is 0 Å². The Bertz CT molecular complexity index is 632. The molecule has 92 valence electrons. The number of hydrogen-bond acceptors (Lipinski definition) is 2. The monoisotopic (exact) mass is 259 g/mol. The molecule has 0 saturated heterocycles. The number of anilines is 1. The van der Waals surface area contributed by atoms with Crippen molar-refractivity contribution >= 4 is 28.1 Å². The summed E-state index contributed by atoms with van der Waals surface area (Å²) in [4.78, 5) is 0. The van der Waals surface area contributed by atoms with Crippen LogP contribution in [-0.4, -0.2) is 0 Å². The van der Waals surface area contributed by atoms with Crippen molar-refractivity contribution in [1.82, 2.24) is 0 Å². The fourth-order valence-electron chi connectivity index (χ4n) is 1.75. The molecular weight excluding hydrogens is 246 g/mol. The van der Waals surface area contributed by atoms with Gasteiger partial charge in [-0.15, -0.1) is 0 Å². The normalized spacial score (nSPS) is 11.0. The Morgan fingerprint density at radius 2 is 2.11 bits per heavy atom. The van der Waals surface area contributed by atoms with Gasteiger partial charge in [-0.25, -0.2) is 0 Å². The second-order valence-electron chi connectivity index (χ2n) is 3.92. The van der Waals surface area contributed by atoms with Gasteiger partial charge in [0, 0.05) is 10.4 Å². The Labute approximate surface area is 111 Å². The zero-order valence-corrected chi connectivity index (χ0v) is 10.9. The first kappa shape index (κ1) is 12.5. The molecule has 0 aliphatic carbocycles. The number of ether oxygens (including phenoxy) is 1. The third kappa shape index (κ3) is 2.49. The Hall–Kier alpha value is -1.93. The SMILES string of the molecule is C=C(/C=C\C)Oc1c(N)ccc2cc(Cl)ccc12. The van der Waals surface area contributed by atoms with Crippen molar-refractivity contribution < 1.29 is 4.74 Å². The molecule has 0 spiro atoms. The van der Waals surface area contributed by atoms with E-state index in [0.29, 0.717) is 22.2 Å². The van der Waals surface area contributed by atoms with E-state index in [0.717, 1.165) is 10.8 Å². The van der Waals surface area contributed by atoms with Crippen LogP contribution in [0.5, 0.6) is 5.75 Å². The molecule has 2 aromatic carbocycles. The molecular formula is C15H14ClNO. The van der Waals surface area contributed by atoms with E-state index in [4.69, 9.17) is 22.1 Å². The summed E-state index contributed by atoms with van der Waals surface area (Å²) in [6.45, 7) is 5.72. The minimum atomic E-state index is 0.548. The number of allylic oxidation sites excluding steroid dienone is 2. The fraction of sp³-hybridized carbons (Fsp3) is 0.0667. The van der Waals surface area contributed by atoms with Crippen molar-refractivity contribution in [2.24, 2.45) is 0 Å². The molecule has 0 saturated carbocycles. The highest BCUT2D eigenvalue weighted by Crippen LogP contribution is 2.34. The standard InChI is InChI=1S/C15H14ClNO/c1-3-4-10(2)18-15-13-7-6-12(16)9-11(13)5-8-14(15)17/h3-9H,2,17H2,1H3/b4-3-. The van der Waals surface area contributed by atoms with Gasteiger partial charge in [0.05, 0.1) is 5.69 Å². The van der Waals surface area contributed by atoms with E-state index in [9.17, 15) is 0 Å². The average molecular weight is 260 g/mol. The van der Waals surface area contributed by atoms with E-state index in [1.807, 2.05) is 37.3 Å². The Morgan fingerprint density at radius 1 is 1.33 bits per heavy atom. The Morgan fingerprint density at radius 3 is 2.83 bits per heavy atom. The topological polar surface area (TPSA) is 35.2 Å². The third-order valence-corrected chi connectivity index (χ3v) is 2.78. The molecule has 0 aliphatic heterocycles. The lowest BCUT2D eigenvalue weighted by Crippen LogP contribution is -1.96. The summed E-state index contributed by atoms with van der Waals surface area (Å²) in [7, 11) is 0. The first-order valence-corrected chi connectivity index (χ1v) is 5.97. The van der Waals surface area contributed by atoms with Crippen molar-refractivity contribution in [3.05, 3.63) is 59.8 Å². The molecule has 0 bridgehead atoms. The van der Waals surface area contributed by atoms with Gasteiger partial charge in [0.25, 0.3) is 0 Å². The van der Waals surface area contributed by atoms with E-state index in [1.54, 1.807) is 12.1 Å². The molecule has 2 nitrogen and oxygen atoms in total. The Balaban J connectivity index is 2.54. The van der Waals surface area contributed by atoms with Crippen LogP contribution in [0.25, 0.3) is 10.8 Å². The Kier molecular flexibility index (Phi) is 3.58. The van der Waals surface area contributed by atoms with E-state index < -0.39 is 0 Å². The number of benzene rings is 2. The lowest BCUT2D eigenvalue weighted by molar-refractivity contribution is 0.454. The van der Waals surface area contributed by atoms with Crippen LogP contribution in [0.2, 0.25) is 5.02 Å². The maximum absolute atomic E-state index is 5.97. The average Bonchev–Trinajstić information content (AvgIpc) is 2.33. The fourth-order valence-corrected chi connectivity index (χ4v) is 1.93. The molecule has 3 heteroatoms. The van der Waals surface area contributed by atoms with Crippen molar-refractivity contribution in [2.45, 2.75) is 6.92 Å². The lowest BCUT2D eigenvalue weighted by Gasteiger charge is -2.11. The molecule has 0 fully saturated rings. The van der Waals surface area contributed by atoms with Crippen LogP contribution < -0.4 is 10.5 Å². The predicted octanol–water partition coefficient (Wildman–Crippen LogP) is 4.54. The van der Waals surface area contributed by atoms with Gasteiger partial charge in [0.1, 0.15) is 5.76 Å². The lowest BCUT2D eigenvalue weighted by atomic mass is 10.1. The molecule has 0 aliphatic rings. The van der Waals surface area contributed by atoms with Crippen LogP contribution in [0, 0.1) is 0 Å². The predicted molar refractivity (Wildman–Crippen MR) is 78.0 cm³/mol. The van der Waals surface area contributed by atoms with E-state index in [-0.39, 0.29) is 0 Å². The molecule has 0 heterocycles. The van der Waals surface area contributed by atoms with Crippen LogP contribution in [0.15, 0.2) is 54.8 Å². The zero-order valence-electron chi connectivity index (χ0n) is 10.1. The summed E-state index contributed by atoms with van der Waals surface area (Å²) in [6, 6.07) is 9.31. The number of nitrogen functional groups attached to an aromatic ring is 1. The minimum absolute atomic E-state index is 0.548. The zero-order chi connectivity index (χ0) is 13.1. The van der Waals surface area contributed by atoms with Crippen molar-refractivity contribution in [1.29, 1.82) is 0 Å². The summed E-state index contributed by atoms with van der Waals surface area (Å²) in [5.41, 5.74) is 6.53. The highest BCUT2D eigenvalue weighted by molar-refractivity contribution is 6.31. The summed E-state index contributed by atoms with van der Waals surface area (Å²) in [5, 5.41) is 2.59. The van der Waals surface area contributed by atoms with Gasteiger partial charge in [-0.05, 0) is 42.7 Å². The molecule has 0 unspecified atom stereocenters. The van der Waals surface area contributed by atoms with Crippen LogP contribution >= 0.6 is 11.6 Å². The number of nitrogens with two attached hydrogens (primary N) is 1. The van der Waals surface area contributed by atoms with Gasteiger partial charge >= 0.3 is 0 Å². The summed E-state index contributed by atoms with van der Waals surface area (Å²) in [5.74, 6) is 1.17. The largest absolute Gasteiger partial charge is 0.455 e. The highest BCUT2D eigenvalue weighted by Gasteiger charge is 2.08. The third-order valence-electron chi connectivity index (χ3n) is 2.55.